The third kappa shape index (κ3) is 1.81. The fourth-order valence-electron chi connectivity index (χ4n) is 2.26. The van der Waals surface area contributed by atoms with E-state index in [1.165, 1.54) is 33.9 Å². The summed E-state index contributed by atoms with van der Waals surface area (Å²) in [7, 11) is 0. The molecule has 0 fully saturated rings. The van der Waals surface area contributed by atoms with Gasteiger partial charge >= 0.3 is 5.88 Å². The Balaban J connectivity index is 1.95. The van der Waals surface area contributed by atoms with Gasteiger partial charge in [-0.05, 0) is 18.2 Å². The van der Waals surface area contributed by atoms with Crippen molar-refractivity contribution in [3.8, 4) is 0 Å². The average Bonchev–Trinajstić information content (AvgIpc) is 3.16. The number of thiazole rings is 1. The molecule has 3 heterocycles. The van der Waals surface area contributed by atoms with Gasteiger partial charge in [-0.3, -0.25) is 14.9 Å². The molecule has 3 aromatic heterocycles. The minimum absolute atomic E-state index is 0.215. The molecule has 4 rings (SSSR count). The monoisotopic (exact) mass is 313 g/mol. The van der Waals surface area contributed by atoms with E-state index in [2.05, 4.69) is 4.98 Å². The van der Waals surface area contributed by atoms with Gasteiger partial charge in [-0.15, -0.1) is 0 Å². The minimum atomic E-state index is -0.621. The molecule has 22 heavy (non-hydrogen) atoms. The number of hydrogen-bond donors (Lipinski definition) is 0. The molecule has 0 radical (unpaired) electrons. The van der Waals surface area contributed by atoms with Gasteiger partial charge in [0.05, 0.1) is 17.1 Å². The highest BCUT2D eigenvalue weighted by Gasteiger charge is 2.13. The fraction of sp³-hybridized carbons (Fsp3) is 0. The van der Waals surface area contributed by atoms with Gasteiger partial charge < -0.3 is 4.42 Å². The Morgan fingerprint density at radius 2 is 2.09 bits per heavy atom. The van der Waals surface area contributed by atoms with Crippen molar-refractivity contribution in [3.63, 3.8) is 0 Å². The van der Waals surface area contributed by atoms with Crippen molar-refractivity contribution < 1.29 is 9.34 Å². The SMILES string of the molecule is O=c1c(=Cc2ccc([N+](=O)[O-])o2)sc2nc3ccccc3n12. The molecule has 0 N–H and O–H groups in total. The smallest absolute Gasteiger partial charge is 0.401 e. The van der Waals surface area contributed by atoms with Gasteiger partial charge in [-0.25, -0.2) is 9.38 Å². The van der Waals surface area contributed by atoms with E-state index in [4.69, 9.17) is 4.42 Å². The van der Waals surface area contributed by atoms with E-state index in [-0.39, 0.29) is 17.2 Å². The predicted molar refractivity (Wildman–Crippen MR) is 81.0 cm³/mol. The second kappa shape index (κ2) is 4.50. The summed E-state index contributed by atoms with van der Waals surface area (Å²) in [5, 5.41) is 10.6. The zero-order valence-electron chi connectivity index (χ0n) is 10.9. The van der Waals surface area contributed by atoms with Crippen molar-refractivity contribution in [2.24, 2.45) is 0 Å². The number of imidazole rings is 1. The number of hydrogen-bond acceptors (Lipinski definition) is 6. The summed E-state index contributed by atoms with van der Waals surface area (Å²) < 4.78 is 6.99. The summed E-state index contributed by atoms with van der Waals surface area (Å²) in [5.74, 6) is -0.0944. The largest absolute Gasteiger partial charge is 0.433 e. The van der Waals surface area contributed by atoms with Gasteiger partial charge in [0.2, 0.25) is 0 Å². The molecule has 0 amide bonds. The Labute approximate surface area is 125 Å². The molecule has 7 nitrogen and oxygen atoms in total. The van der Waals surface area contributed by atoms with E-state index in [1.807, 2.05) is 24.3 Å². The molecule has 0 aliphatic rings. The van der Waals surface area contributed by atoms with Crippen molar-refractivity contribution in [3.05, 3.63) is 67.2 Å². The normalized spacial score (nSPS) is 12.5. The van der Waals surface area contributed by atoms with Crippen LogP contribution in [0.5, 0.6) is 0 Å². The van der Waals surface area contributed by atoms with E-state index in [1.54, 1.807) is 0 Å². The standard InChI is InChI=1S/C14H7N3O4S/c18-13-11(7-8-5-6-12(21-8)17(19)20)22-14-15-9-3-1-2-4-10(9)16(13)14/h1-7H. The highest BCUT2D eigenvalue weighted by Crippen LogP contribution is 2.17. The van der Waals surface area contributed by atoms with Gasteiger partial charge in [0, 0.05) is 6.08 Å². The van der Waals surface area contributed by atoms with Gasteiger partial charge in [0.1, 0.15) is 15.2 Å². The lowest BCUT2D eigenvalue weighted by Gasteiger charge is -1.86. The van der Waals surface area contributed by atoms with Crippen LogP contribution in [-0.4, -0.2) is 14.3 Å². The molecule has 0 atom stereocenters. The third-order valence-corrected chi connectivity index (χ3v) is 4.18. The molecule has 0 saturated carbocycles. The van der Waals surface area contributed by atoms with Crippen molar-refractivity contribution >= 4 is 39.3 Å². The number of rotatable bonds is 2. The van der Waals surface area contributed by atoms with Crippen molar-refractivity contribution in [1.82, 2.24) is 9.38 Å². The lowest BCUT2D eigenvalue weighted by Crippen LogP contribution is -2.22. The third-order valence-electron chi connectivity index (χ3n) is 3.21. The first kappa shape index (κ1) is 12.7. The molecular weight excluding hydrogens is 306 g/mol. The first-order valence-electron chi connectivity index (χ1n) is 6.29. The summed E-state index contributed by atoms with van der Waals surface area (Å²) >= 11 is 1.22. The first-order valence-corrected chi connectivity index (χ1v) is 7.11. The van der Waals surface area contributed by atoms with Crippen molar-refractivity contribution in [1.29, 1.82) is 0 Å². The summed E-state index contributed by atoms with van der Waals surface area (Å²) in [4.78, 5) is 27.4. The van der Waals surface area contributed by atoms with E-state index < -0.39 is 4.92 Å². The lowest BCUT2D eigenvalue weighted by atomic mass is 10.3. The van der Waals surface area contributed by atoms with Crippen molar-refractivity contribution in [2.75, 3.05) is 0 Å². The molecule has 0 spiro atoms. The van der Waals surface area contributed by atoms with E-state index >= 15 is 0 Å². The van der Waals surface area contributed by atoms with Crippen molar-refractivity contribution in [2.45, 2.75) is 0 Å². The Hall–Kier alpha value is -3.00. The van der Waals surface area contributed by atoms with Gasteiger partial charge in [-0.2, -0.15) is 0 Å². The number of benzene rings is 1. The summed E-state index contributed by atoms with van der Waals surface area (Å²) in [6.07, 6.45) is 1.49. The topological polar surface area (TPSA) is 90.6 Å². The quantitative estimate of drug-likeness (QED) is 0.417. The highest BCUT2D eigenvalue weighted by molar-refractivity contribution is 7.15. The number of furan rings is 1. The second-order valence-electron chi connectivity index (χ2n) is 4.57. The maximum Gasteiger partial charge on any atom is 0.433 e. The van der Waals surface area contributed by atoms with Crippen LogP contribution in [0.1, 0.15) is 5.76 Å². The number of fused-ring (bicyclic) bond motifs is 3. The van der Waals surface area contributed by atoms with Crippen LogP contribution in [-0.2, 0) is 0 Å². The molecule has 0 unspecified atom stereocenters. The molecule has 108 valence electrons. The number of para-hydroxylation sites is 2. The maximum absolute atomic E-state index is 12.5. The number of aromatic nitrogens is 2. The van der Waals surface area contributed by atoms with Crippen LogP contribution in [0.25, 0.3) is 22.1 Å². The van der Waals surface area contributed by atoms with Gasteiger partial charge in [-0.1, -0.05) is 23.5 Å². The van der Waals surface area contributed by atoms with E-state index in [0.717, 1.165) is 11.0 Å². The van der Waals surface area contributed by atoms with Crippen LogP contribution >= 0.6 is 11.3 Å². The van der Waals surface area contributed by atoms with Crippen LogP contribution in [0, 0.1) is 10.1 Å². The van der Waals surface area contributed by atoms with Crippen LogP contribution in [0.15, 0.2) is 45.6 Å². The van der Waals surface area contributed by atoms with Crippen LogP contribution < -0.4 is 10.1 Å². The molecule has 0 bridgehead atoms. The second-order valence-corrected chi connectivity index (χ2v) is 5.58. The Morgan fingerprint density at radius 1 is 1.27 bits per heavy atom. The molecule has 1 aromatic carbocycles. The van der Waals surface area contributed by atoms with E-state index in [9.17, 15) is 14.9 Å². The number of nitro groups is 1. The van der Waals surface area contributed by atoms with Gasteiger partial charge in [0.15, 0.2) is 4.96 Å². The number of nitrogens with zero attached hydrogens (tertiary/aromatic N) is 3. The Kier molecular flexibility index (Phi) is 2.60. The van der Waals surface area contributed by atoms with Crippen LogP contribution in [0.2, 0.25) is 0 Å². The minimum Gasteiger partial charge on any atom is -0.401 e. The Bertz CT molecular complexity index is 1140. The van der Waals surface area contributed by atoms with E-state index in [0.29, 0.717) is 9.49 Å². The highest BCUT2D eigenvalue weighted by atomic mass is 32.1. The van der Waals surface area contributed by atoms with Crippen LogP contribution in [0.4, 0.5) is 5.88 Å². The maximum atomic E-state index is 12.5. The predicted octanol–water partition coefficient (Wildman–Crippen LogP) is 1.96. The molecule has 8 heteroatoms. The average molecular weight is 313 g/mol. The molecule has 4 aromatic rings. The molecule has 0 aliphatic heterocycles. The summed E-state index contributed by atoms with van der Waals surface area (Å²) in [5.41, 5.74) is 1.28. The fourth-order valence-corrected chi connectivity index (χ4v) is 3.23. The molecular formula is C14H7N3O4S. The summed E-state index contributed by atoms with van der Waals surface area (Å²) in [6.45, 7) is 0. The zero-order valence-corrected chi connectivity index (χ0v) is 11.7. The van der Waals surface area contributed by atoms with Crippen LogP contribution in [0.3, 0.4) is 0 Å². The molecule has 0 saturated heterocycles. The summed E-state index contributed by atoms with van der Waals surface area (Å²) in [6, 6.07) is 10.1. The molecule has 0 aliphatic carbocycles. The van der Waals surface area contributed by atoms with Gasteiger partial charge in [0.25, 0.3) is 5.56 Å². The first-order chi connectivity index (χ1) is 10.6. The lowest BCUT2D eigenvalue weighted by molar-refractivity contribution is -0.402. The Morgan fingerprint density at radius 3 is 2.86 bits per heavy atom. The zero-order chi connectivity index (χ0) is 15.3.